The van der Waals surface area contributed by atoms with E-state index < -0.39 is 0 Å². The minimum atomic E-state index is 0.315. The molecule has 0 aromatic heterocycles. The van der Waals surface area contributed by atoms with Crippen LogP contribution in [-0.2, 0) is 0 Å². The highest BCUT2D eigenvalue weighted by Crippen LogP contribution is 2.27. The molecule has 0 spiro atoms. The Kier molecular flexibility index (Phi) is 9.28. The molecule has 1 atom stereocenters. The number of hydrogen-bond acceptors (Lipinski definition) is 3. The molecule has 0 amide bonds. The summed E-state index contributed by atoms with van der Waals surface area (Å²) in [6.07, 6.45) is 2.51. The Morgan fingerprint density at radius 2 is 2.00 bits per heavy atom. The second kappa shape index (κ2) is 8.75. The fourth-order valence-electron chi connectivity index (χ4n) is 0.821. The molecule has 1 nitrogen and oxygen atoms in total. The van der Waals surface area contributed by atoms with Crippen LogP contribution in [0.3, 0.4) is 0 Å². The van der Waals surface area contributed by atoms with Gasteiger partial charge in [-0.15, -0.1) is 23.5 Å². The van der Waals surface area contributed by atoms with Crippen LogP contribution in [0, 0.1) is 0 Å². The molecule has 1 unspecified atom stereocenters. The van der Waals surface area contributed by atoms with Gasteiger partial charge in [-0.05, 0) is 12.2 Å². The van der Waals surface area contributed by atoms with Crippen LogP contribution >= 0.6 is 23.5 Å². The Labute approximate surface area is 78.3 Å². The SMILES string of the molecule is CCCC(SCC)SCCO. The third kappa shape index (κ3) is 7.04. The van der Waals surface area contributed by atoms with E-state index in [1.54, 1.807) is 0 Å². The molecule has 0 aromatic carbocycles. The first-order chi connectivity index (χ1) is 5.35. The smallest absolute Gasteiger partial charge is 0.0522 e. The van der Waals surface area contributed by atoms with Gasteiger partial charge in [-0.25, -0.2) is 0 Å². The highest BCUT2D eigenvalue weighted by Gasteiger charge is 2.05. The van der Waals surface area contributed by atoms with Gasteiger partial charge in [0, 0.05) is 5.75 Å². The van der Waals surface area contributed by atoms with Crippen molar-refractivity contribution < 1.29 is 5.11 Å². The van der Waals surface area contributed by atoms with E-state index in [2.05, 4.69) is 13.8 Å². The van der Waals surface area contributed by atoms with Crippen molar-refractivity contribution in [2.24, 2.45) is 0 Å². The average Bonchev–Trinajstić information content (AvgIpc) is 2.01. The van der Waals surface area contributed by atoms with Crippen LogP contribution in [0.15, 0.2) is 0 Å². The maximum Gasteiger partial charge on any atom is 0.0522 e. The normalized spacial score (nSPS) is 13.4. The predicted molar refractivity (Wildman–Crippen MR) is 56.4 cm³/mol. The Bertz CT molecular complexity index is 72.5. The third-order valence-corrected chi connectivity index (χ3v) is 4.06. The number of rotatable bonds is 7. The summed E-state index contributed by atoms with van der Waals surface area (Å²) in [6.45, 7) is 4.71. The fourth-order valence-corrected chi connectivity index (χ4v) is 3.45. The van der Waals surface area contributed by atoms with E-state index >= 15 is 0 Å². The Hall–Kier alpha value is 0.660. The molecule has 0 aliphatic rings. The first-order valence-electron chi connectivity index (χ1n) is 4.19. The molecule has 0 aromatic rings. The molecular weight excluding hydrogens is 176 g/mol. The van der Waals surface area contributed by atoms with Crippen LogP contribution in [0.25, 0.3) is 0 Å². The van der Waals surface area contributed by atoms with Crippen molar-refractivity contribution >= 4 is 23.5 Å². The zero-order chi connectivity index (χ0) is 8.53. The molecule has 0 saturated heterocycles. The summed E-state index contributed by atoms with van der Waals surface area (Å²) in [4.78, 5) is 0. The summed E-state index contributed by atoms with van der Waals surface area (Å²) in [5.74, 6) is 2.07. The Balaban J connectivity index is 3.34. The van der Waals surface area contributed by atoms with Gasteiger partial charge in [0.25, 0.3) is 0 Å². The van der Waals surface area contributed by atoms with E-state index in [0.29, 0.717) is 11.2 Å². The van der Waals surface area contributed by atoms with E-state index in [1.165, 1.54) is 18.6 Å². The zero-order valence-electron chi connectivity index (χ0n) is 7.38. The first kappa shape index (κ1) is 11.7. The maximum atomic E-state index is 8.62. The van der Waals surface area contributed by atoms with Gasteiger partial charge in [-0.2, -0.15) is 0 Å². The van der Waals surface area contributed by atoms with E-state index in [9.17, 15) is 0 Å². The lowest BCUT2D eigenvalue weighted by molar-refractivity contribution is 0.322. The van der Waals surface area contributed by atoms with Gasteiger partial charge >= 0.3 is 0 Å². The predicted octanol–water partition coefficient (Wildman–Crippen LogP) is 2.59. The van der Waals surface area contributed by atoms with Crippen LogP contribution in [0.5, 0.6) is 0 Å². The van der Waals surface area contributed by atoms with E-state index in [-0.39, 0.29) is 0 Å². The van der Waals surface area contributed by atoms with Crippen LogP contribution in [-0.4, -0.2) is 27.8 Å². The van der Waals surface area contributed by atoms with Gasteiger partial charge in [0.05, 0.1) is 11.2 Å². The highest BCUT2D eigenvalue weighted by atomic mass is 32.2. The molecule has 0 fully saturated rings. The van der Waals surface area contributed by atoms with Crippen molar-refractivity contribution in [3.8, 4) is 0 Å². The van der Waals surface area contributed by atoms with E-state index in [1.807, 2.05) is 23.5 Å². The van der Waals surface area contributed by atoms with Crippen molar-refractivity contribution in [2.45, 2.75) is 31.3 Å². The van der Waals surface area contributed by atoms with Gasteiger partial charge in [0.15, 0.2) is 0 Å². The molecule has 0 saturated carbocycles. The monoisotopic (exact) mass is 194 g/mol. The summed E-state index contributed by atoms with van der Waals surface area (Å²) >= 11 is 3.88. The summed E-state index contributed by atoms with van der Waals surface area (Å²) in [5, 5.41) is 8.62. The number of aliphatic hydroxyl groups excluding tert-OH is 1. The van der Waals surface area contributed by atoms with Gasteiger partial charge in [-0.1, -0.05) is 20.3 Å². The molecule has 11 heavy (non-hydrogen) atoms. The lowest BCUT2D eigenvalue weighted by Crippen LogP contribution is -2.00. The Morgan fingerprint density at radius 3 is 2.45 bits per heavy atom. The van der Waals surface area contributed by atoms with Gasteiger partial charge in [0.1, 0.15) is 0 Å². The fraction of sp³-hybridized carbons (Fsp3) is 1.00. The largest absolute Gasteiger partial charge is 0.396 e. The van der Waals surface area contributed by atoms with E-state index in [0.717, 1.165) is 5.75 Å². The molecule has 0 radical (unpaired) electrons. The summed E-state index contributed by atoms with van der Waals surface area (Å²) < 4.78 is 0.706. The topological polar surface area (TPSA) is 20.2 Å². The summed E-state index contributed by atoms with van der Waals surface area (Å²) in [5.41, 5.74) is 0. The molecule has 0 aliphatic heterocycles. The molecular formula is C8H18OS2. The highest BCUT2D eigenvalue weighted by molar-refractivity contribution is 8.17. The van der Waals surface area contributed by atoms with Crippen LogP contribution in [0.1, 0.15) is 26.7 Å². The number of hydrogen-bond donors (Lipinski definition) is 1. The number of thioether (sulfide) groups is 2. The van der Waals surface area contributed by atoms with Crippen molar-refractivity contribution in [1.29, 1.82) is 0 Å². The van der Waals surface area contributed by atoms with Crippen molar-refractivity contribution in [3.05, 3.63) is 0 Å². The second-order valence-electron chi connectivity index (χ2n) is 2.27. The van der Waals surface area contributed by atoms with Crippen molar-refractivity contribution in [3.63, 3.8) is 0 Å². The lowest BCUT2D eigenvalue weighted by atomic mass is 10.4. The number of aliphatic hydroxyl groups is 1. The van der Waals surface area contributed by atoms with Gasteiger partial charge < -0.3 is 5.11 Å². The third-order valence-electron chi connectivity index (χ3n) is 1.27. The molecule has 1 N–H and O–H groups in total. The van der Waals surface area contributed by atoms with Crippen LogP contribution < -0.4 is 0 Å². The van der Waals surface area contributed by atoms with Crippen LogP contribution in [0.4, 0.5) is 0 Å². The molecule has 0 bridgehead atoms. The molecule has 0 heterocycles. The minimum absolute atomic E-state index is 0.315. The van der Waals surface area contributed by atoms with Crippen molar-refractivity contribution in [1.82, 2.24) is 0 Å². The molecule has 68 valence electrons. The molecule has 0 aliphatic carbocycles. The quantitative estimate of drug-likeness (QED) is 0.629. The summed E-state index contributed by atoms with van der Waals surface area (Å²) in [7, 11) is 0. The standard InChI is InChI=1S/C8H18OS2/c1-3-5-8(10-4-2)11-7-6-9/h8-9H,3-7H2,1-2H3. The average molecular weight is 194 g/mol. The van der Waals surface area contributed by atoms with E-state index in [4.69, 9.17) is 5.11 Å². The second-order valence-corrected chi connectivity index (χ2v) is 5.36. The lowest BCUT2D eigenvalue weighted by Gasteiger charge is -2.12. The van der Waals surface area contributed by atoms with Gasteiger partial charge in [-0.3, -0.25) is 0 Å². The molecule has 3 heteroatoms. The summed E-state index contributed by atoms with van der Waals surface area (Å²) in [6, 6.07) is 0. The Morgan fingerprint density at radius 1 is 1.27 bits per heavy atom. The minimum Gasteiger partial charge on any atom is -0.396 e. The van der Waals surface area contributed by atoms with Crippen LogP contribution in [0.2, 0.25) is 0 Å². The molecule has 0 rings (SSSR count). The first-order valence-corrected chi connectivity index (χ1v) is 6.28. The maximum absolute atomic E-state index is 8.62. The van der Waals surface area contributed by atoms with Gasteiger partial charge in [0.2, 0.25) is 0 Å². The zero-order valence-corrected chi connectivity index (χ0v) is 9.01. The van der Waals surface area contributed by atoms with Crippen molar-refractivity contribution in [2.75, 3.05) is 18.1 Å².